The molecule has 9 nitrogen and oxygen atoms in total. The molecule has 0 radical (unpaired) electrons. The second-order valence-corrected chi connectivity index (χ2v) is 6.56. The molecule has 11 heteroatoms. The molecule has 0 aliphatic heterocycles. The van der Waals surface area contributed by atoms with E-state index in [1.165, 1.54) is 23.6 Å². The number of thiazole rings is 1. The van der Waals surface area contributed by atoms with Crippen LogP contribution in [-0.4, -0.2) is 39.6 Å². The summed E-state index contributed by atoms with van der Waals surface area (Å²) in [4.78, 5) is 20.1. The van der Waals surface area contributed by atoms with Crippen LogP contribution in [0.3, 0.4) is 0 Å². The first-order valence-corrected chi connectivity index (χ1v) is 8.71. The van der Waals surface area contributed by atoms with Crippen molar-refractivity contribution < 1.29 is 18.7 Å². The van der Waals surface area contributed by atoms with Crippen LogP contribution in [-0.2, 0) is 11.3 Å². The number of hydrogen-bond acceptors (Lipinski definition) is 8. The van der Waals surface area contributed by atoms with Crippen LogP contribution in [0, 0.1) is 12.7 Å². The van der Waals surface area contributed by atoms with Gasteiger partial charge in [0.1, 0.15) is 5.82 Å². The third kappa shape index (κ3) is 5.21. The van der Waals surface area contributed by atoms with Gasteiger partial charge < -0.3 is 14.8 Å². The van der Waals surface area contributed by atoms with Crippen molar-refractivity contribution in [3.63, 3.8) is 0 Å². The maximum atomic E-state index is 13.3. The number of methoxy groups -OCH3 is 1. The third-order valence-corrected chi connectivity index (χ3v) is 4.12. The Hall–Kier alpha value is -3.05. The first kappa shape index (κ1) is 18.7. The number of nitrogens with zero attached hydrogens (tertiary/aromatic N) is 4. The zero-order valence-corrected chi connectivity index (χ0v) is 15.4. The highest BCUT2D eigenvalue weighted by atomic mass is 32.1. The summed E-state index contributed by atoms with van der Waals surface area (Å²) < 4.78 is 25.1. The quantitative estimate of drug-likeness (QED) is 0.636. The predicted molar refractivity (Wildman–Crippen MR) is 98.1 cm³/mol. The number of carbonyl (C=O) groups excluding carboxylic acids is 1. The highest BCUT2D eigenvalue weighted by Crippen LogP contribution is 2.33. The van der Waals surface area contributed by atoms with Crippen molar-refractivity contribution in [1.82, 2.24) is 19.7 Å². The Morgan fingerprint density at radius 2 is 2.26 bits per heavy atom. The van der Waals surface area contributed by atoms with Crippen LogP contribution in [0.5, 0.6) is 5.88 Å². The topological polar surface area (TPSA) is 103 Å². The van der Waals surface area contributed by atoms with Crippen molar-refractivity contribution in [2.24, 2.45) is 0 Å². The monoisotopic (exact) mass is 392 g/mol. The maximum absolute atomic E-state index is 13.3. The number of hydrogen-bond donors (Lipinski definition) is 2. The van der Waals surface area contributed by atoms with Crippen molar-refractivity contribution in [2.75, 3.05) is 24.4 Å². The van der Waals surface area contributed by atoms with Gasteiger partial charge in [-0.3, -0.25) is 15.0 Å². The van der Waals surface area contributed by atoms with Gasteiger partial charge in [0, 0.05) is 25.4 Å². The van der Waals surface area contributed by atoms with Crippen LogP contribution in [0.2, 0.25) is 0 Å². The Balaban J connectivity index is 1.64. The minimum Gasteiger partial charge on any atom is -0.388 e. The van der Waals surface area contributed by atoms with E-state index in [2.05, 4.69) is 25.7 Å². The van der Waals surface area contributed by atoms with E-state index < -0.39 is 11.9 Å². The fourth-order valence-electron chi connectivity index (χ4n) is 2.12. The molecule has 3 aromatic heterocycles. The molecule has 0 saturated carbocycles. The summed E-state index contributed by atoms with van der Waals surface area (Å²) in [6, 6.07) is 2.92. The van der Waals surface area contributed by atoms with E-state index in [9.17, 15) is 9.18 Å². The molecule has 3 rings (SSSR count). The summed E-state index contributed by atoms with van der Waals surface area (Å²) in [7, 11) is 1.60. The van der Waals surface area contributed by atoms with Gasteiger partial charge in [-0.2, -0.15) is 5.10 Å². The van der Waals surface area contributed by atoms with Crippen molar-refractivity contribution in [3.8, 4) is 5.88 Å². The molecule has 3 aromatic rings. The predicted octanol–water partition coefficient (Wildman–Crippen LogP) is 3.18. The molecule has 0 unspecified atom stereocenters. The number of ether oxygens (including phenoxy) is 2. The Kier molecular flexibility index (Phi) is 5.94. The highest BCUT2D eigenvalue weighted by Gasteiger charge is 2.16. The van der Waals surface area contributed by atoms with E-state index in [1.54, 1.807) is 31.0 Å². The second kappa shape index (κ2) is 8.56. The van der Waals surface area contributed by atoms with E-state index >= 15 is 0 Å². The van der Waals surface area contributed by atoms with Gasteiger partial charge in [-0.05, 0) is 6.92 Å². The van der Waals surface area contributed by atoms with Crippen LogP contribution < -0.4 is 15.4 Å². The van der Waals surface area contributed by atoms with Gasteiger partial charge in [0.05, 0.1) is 36.2 Å². The SMILES string of the molecule is COCCn1ccc(NC(=O)Oc2nc(C)sc2Nc2cncc(F)c2)n1. The fourth-order valence-corrected chi connectivity index (χ4v) is 2.89. The smallest absolute Gasteiger partial charge is 0.388 e. The summed E-state index contributed by atoms with van der Waals surface area (Å²) in [5, 5.41) is 10.8. The number of anilines is 3. The number of rotatable bonds is 7. The maximum Gasteiger partial charge on any atom is 0.419 e. The molecule has 0 atom stereocenters. The molecule has 142 valence electrons. The average molecular weight is 392 g/mol. The molecular weight excluding hydrogens is 375 g/mol. The van der Waals surface area contributed by atoms with Crippen molar-refractivity contribution in [1.29, 1.82) is 0 Å². The number of aryl methyl sites for hydroxylation is 1. The fraction of sp³-hybridized carbons (Fsp3) is 0.250. The minimum absolute atomic E-state index is 0.0816. The Labute approximate surface area is 158 Å². The average Bonchev–Trinajstić information content (AvgIpc) is 3.19. The molecule has 0 aromatic carbocycles. The summed E-state index contributed by atoms with van der Waals surface area (Å²) in [6.07, 6.45) is 3.53. The van der Waals surface area contributed by atoms with Crippen LogP contribution in [0.4, 0.5) is 25.7 Å². The van der Waals surface area contributed by atoms with Gasteiger partial charge in [0.15, 0.2) is 10.8 Å². The first-order chi connectivity index (χ1) is 13.0. The standard InChI is InChI=1S/C16H17FN6O3S/c1-10-19-14(15(27-10)20-12-7-11(17)8-18-9-12)26-16(24)21-13-3-4-23(22-13)5-6-25-2/h3-4,7-9,20H,5-6H2,1-2H3,(H,21,22,24). The van der Waals surface area contributed by atoms with Gasteiger partial charge >= 0.3 is 6.09 Å². The molecule has 0 fully saturated rings. The number of halogens is 1. The Morgan fingerprint density at radius 1 is 1.41 bits per heavy atom. The molecule has 0 bridgehead atoms. The molecule has 3 heterocycles. The molecule has 0 saturated heterocycles. The van der Waals surface area contributed by atoms with Crippen molar-refractivity contribution >= 4 is 33.9 Å². The lowest BCUT2D eigenvalue weighted by Gasteiger charge is -2.06. The highest BCUT2D eigenvalue weighted by molar-refractivity contribution is 7.16. The zero-order valence-electron chi connectivity index (χ0n) is 14.6. The van der Waals surface area contributed by atoms with E-state index in [0.717, 1.165) is 6.20 Å². The Bertz CT molecular complexity index is 929. The molecule has 0 spiro atoms. The number of aromatic nitrogens is 4. The normalized spacial score (nSPS) is 10.6. The van der Waals surface area contributed by atoms with Gasteiger partial charge in [-0.15, -0.1) is 0 Å². The van der Waals surface area contributed by atoms with E-state index in [0.29, 0.717) is 34.7 Å². The lowest BCUT2D eigenvalue weighted by atomic mass is 10.4. The summed E-state index contributed by atoms with van der Waals surface area (Å²) in [5.41, 5.74) is 0.417. The van der Waals surface area contributed by atoms with E-state index in [1.807, 2.05) is 0 Å². The van der Waals surface area contributed by atoms with Gasteiger partial charge in [0.25, 0.3) is 5.88 Å². The number of carbonyl (C=O) groups is 1. The largest absolute Gasteiger partial charge is 0.419 e. The molecular formula is C16H17FN6O3S. The Morgan fingerprint density at radius 3 is 3.04 bits per heavy atom. The number of nitrogens with one attached hydrogen (secondary N) is 2. The second-order valence-electron chi connectivity index (χ2n) is 5.36. The van der Waals surface area contributed by atoms with E-state index in [4.69, 9.17) is 9.47 Å². The number of pyridine rings is 1. The lowest BCUT2D eigenvalue weighted by molar-refractivity contribution is 0.183. The van der Waals surface area contributed by atoms with Crippen molar-refractivity contribution in [3.05, 3.63) is 41.5 Å². The van der Waals surface area contributed by atoms with Crippen LogP contribution >= 0.6 is 11.3 Å². The molecule has 27 heavy (non-hydrogen) atoms. The summed E-state index contributed by atoms with van der Waals surface area (Å²) >= 11 is 1.27. The van der Waals surface area contributed by atoms with E-state index in [-0.39, 0.29) is 5.88 Å². The molecule has 0 aliphatic rings. The van der Waals surface area contributed by atoms with Gasteiger partial charge in [-0.1, -0.05) is 11.3 Å². The summed E-state index contributed by atoms with van der Waals surface area (Å²) in [5.74, 6) is -0.0597. The third-order valence-electron chi connectivity index (χ3n) is 3.25. The minimum atomic E-state index is -0.738. The van der Waals surface area contributed by atoms with Gasteiger partial charge in [0.2, 0.25) is 0 Å². The van der Waals surface area contributed by atoms with Crippen molar-refractivity contribution in [2.45, 2.75) is 13.5 Å². The lowest BCUT2D eigenvalue weighted by Crippen LogP contribution is -2.18. The molecule has 0 aliphatic carbocycles. The summed E-state index contributed by atoms with van der Waals surface area (Å²) in [6.45, 7) is 2.84. The zero-order chi connectivity index (χ0) is 19.2. The van der Waals surface area contributed by atoms with Crippen LogP contribution in [0.15, 0.2) is 30.7 Å². The number of amides is 1. The molecule has 2 N–H and O–H groups in total. The molecule has 1 amide bonds. The first-order valence-electron chi connectivity index (χ1n) is 7.89. The van der Waals surface area contributed by atoms with Gasteiger partial charge in [-0.25, -0.2) is 14.2 Å². The van der Waals surface area contributed by atoms with Crippen LogP contribution in [0.1, 0.15) is 5.01 Å². The van der Waals surface area contributed by atoms with Crippen LogP contribution in [0.25, 0.3) is 0 Å².